The van der Waals surface area contributed by atoms with Crippen molar-refractivity contribution in [2.24, 2.45) is 0 Å². The van der Waals surface area contributed by atoms with Crippen molar-refractivity contribution in [3.63, 3.8) is 0 Å². The van der Waals surface area contributed by atoms with Crippen molar-refractivity contribution in [1.82, 2.24) is 0 Å². The van der Waals surface area contributed by atoms with E-state index in [0.717, 1.165) is 5.41 Å². The summed E-state index contributed by atoms with van der Waals surface area (Å²) in [6.45, 7) is 0. The molecule has 0 heterocycles. The zero-order chi connectivity index (χ0) is 10.6. The Kier molecular flexibility index (Phi) is 3.55. The Labute approximate surface area is 87.4 Å². The molecule has 0 saturated carbocycles. The van der Waals surface area contributed by atoms with E-state index in [9.17, 15) is 8.42 Å². The third-order valence-electron chi connectivity index (χ3n) is 1.55. The Morgan fingerprint density at radius 2 is 2.00 bits per heavy atom. The van der Waals surface area contributed by atoms with E-state index in [1.807, 2.05) is 0 Å². The van der Waals surface area contributed by atoms with Gasteiger partial charge in [0.1, 0.15) is 5.75 Å². The molecule has 76 valence electrons. The van der Waals surface area contributed by atoms with Crippen molar-refractivity contribution in [1.29, 1.82) is 0 Å². The van der Waals surface area contributed by atoms with Crippen molar-refractivity contribution in [2.45, 2.75) is 0 Å². The molecule has 0 bridgehead atoms. The molecule has 0 N–H and O–H groups in total. The minimum absolute atomic E-state index is 0.601. The molecule has 1 aromatic rings. The van der Waals surface area contributed by atoms with Crippen molar-refractivity contribution < 1.29 is 13.2 Å². The van der Waals surface area contributed by atoms with Gasteiger partial charge in [0, 0.05) is 21.7 Å². The van der Waals surface area contributed by atoms with E-state index in [-0.39, 0.29) is 0 Å². The first-order valence-electron chi connectivity index (χ1n) is 3.79. The molecule has 1 rings (SSSR count). The molecule has 0 aliphatic heterocycles. The molecule has 0 fully saturated rings. The number of benzene rings is 1. The second-order valence-electron chi connectivity index (χ2n) is 2.52. The first-order valence-corrected chi connectivity index (χ1v) is 6.16. The van der Waals surface area contributed by atoms with Gasteiger partial charge >= 0.3 is 0 Å². The molecule has 0 aromatic heterocycles. The quantitative estimate of drug-likeness (QED) is 0.751. The Morgan fingerprint density at radius 1 is 1.36 bits per heavy atom. The fraction of sp³-hybridized carbons (Fsp3) is 0.111. The molecule has 0 unspecified atom stereocenters. The molecule has 5 heteroatoms. The summed E-state index contributed by atoms with van der Waals surface area (Å²) >= 11 is 0. The second-order valence-corrected chi connectivity index (χ2v) is 5.03. The Morgan fingerprint density at radius 3 is 2.57 bits per heavy atom. The highest BCUT2D eigenvalue weighted by Crippen LogP contribution is 2.19. The van der Waals surface area contributed by atoms with Crippen molar-refractivity contribution in [2.75, 3.05) is 7.11 Å². The molecule has 0 atom stereocenters. The van der Waals surface area contributed by atoms with Crippen LogP contribution in [-0.2, 0) is 9.05 Å². The molecule has 1 aromatic carbocycles. The minimum atomic E-state index is -3.61. The molecule has 0 spiro atoms. The van der Waals surface area contributed by atoms with Crippen LogP contribution in [0.2, 0.25) is 0 Å². The highest BCUT2D eigenvalue weighted by Gasteiger charge is 2.00. The summed E-state index contributed by atoms with van der Waals surface area (Å²) in [5.41, 5.74) is 0.666. The predicted molar refractivity (Wildman–Crippen MR) is 56.8 cm³/mol. The van der Waals surface area contributed by atoms with Gasteiger partial charge < -0.3 is 4.74 Å². The summed E-state index contributed by atoms with van der Waals surface area (Å²) in [6.07, 6.45) is 1.39. The summed E-state index contributed by atoms with van der Waals surface area (Å²) < 4.78 is 26.3. The van der Waals surface area contributed by atoms with E-state index in [0.29, 0.717) is 11.3 Å². The van der Waals surface area contributed by atoms with Gasteiger partial charge in [-0.2, -0.15) is 0 Å². The van der Waals surface area contributed by atoms with E-state index in [1.54, 1.807) is 24.3 Å². The number of ether oxygens (including phenoxy) is 1. The lowest BCUT2D eigenvalue weighted by Crippen LogP contribution is -1.86. The fourth-order valence-corrected chi connectivity index (χ4v) is 1.42. The number of para-hydroxylation sites is 1. The Hall–Kier alpha value is -1.00. The van der Waals surface area contributed by atoms with Crippen LogP contribution in [0.3, 0.4) is 0 Å². The van der Waals surface area contributed by atoms with Gasteiger partial charge in [0.25, 0.3) is 9.05 Å². The van der Waals surface area contributed by atoms with Crippen molar-refractivity contribution >= 4 is 25.8 Å². The average Bonchev–Trinajstić information content (AvgIpc) is 2.14. The van der Waals surface area contributed by atoms with Gasteiger partial charge in [-0.05, 0) is 12.1 Å². The summed E-state index contributed by atoms with van der Waals surface area (Å²) in [6, 6.07) is 7.05. The van der Waals surface area contributed by atoms with Gasteiger partial charge in [-0.25, -0.2) is 8.42 Å². The van der Waals surface area contributed by atoms with Crippen LogP contribution >= 0.6 is 10.7 Å². The van der Waals surface area contributed by atoms with Gasteiger partial charge in [0.2, 0.25) is 0 Å². The molecule has 0 amide bonds. The van der Waals surface area contributed by atoms with Crippen LogP contribution in [0.1, 0.15) is 5.56 Å². The minimum Gasteiger partial charge on any atom is -0.496 e. The fourth-order valence-electron chi connectivity index (χ4n) is 0.959. The molecule has 0 aliphatic rings. The monoisotopic (exact) mass is 232 g/mol. The normalized spacial score (nSPS) is 11.9. The molecule has 0 radical (unpaired) electrons. The highest BCUT2D eigenvalue weighted by atomic mass is 35.7. The van der Waals surface area contributed by atoms with Crippen LogP contribution < -0.4 is 4.74 Å². The average molecular weight is 233 g/mol. The smallest absolute Gasteiger partial charge is 0.254 e. The van der Waals surface area contributed by atoms with Crippen LogP contribution in [0, 0.1) is 0 Å². The molecular formula is C9H9ClO3S. The molecule has 14 heavy (non-hydrogen) atoms. The number of hydrogen-bond donors (Lipinski definition) is 0. The third-order valence-corrected chi connectivity index (χ3v) is 2.32. The SMILES string of the molecule is COc1ccccc1/C=C/S(=O)(=O)Cl. The van der Waals surface area contributed by atoms with Gasteiger partial charge in [0.15, 0.2) is 0 Å². The van der Waals surface area contributed by atoms with Crippen molar-refractivity contribution in [3.05, 3.63) is 35.2 Å². The van der Waals surface area contributed by atoms with E-state index >= 15 is 0 Å². The highest BCUT2D eigenvalue weighted by molar-refractivity contribution is 8.16. The number of rotatable bonds is 3. The topological polar surface area (TPSA) is 43.4 Å². The maximum atomic E-state index is 10.6. The van der Waals surface area contributed by atoms with Gasteiger partial charge in [-0.15, -0.1) is 0 Å². The zero-order valence-electron chi connectivity index (χ0n) is 7.48. The van der Waals surface area contributed by atoms with Crippen LogP contribution in [0.25, 0.3) is 6.08 Å². The molecular weight excluding hydrogens is 224 g/mol. The van der Waals surface area contributed by atoms with Crippen LogP contribution in [0.15, 0.2) is 29.7 Å². The summed E-state index contributed by atoms with van der Waals surface area (Å²) in [4.78, 5) is 0. The zero-order valence-corrected chi connectivity index (χ0v) is 9.05. The van der Waals surface area contributed by atoms with Crippen LogP contribution in [0.5, 0.6) is 5.75 Å². The predicted octanol–water partition coefficient (Wildman–Crippen LogP) is 2.23. The Bertz CT molecular complexity index is 437. The summed E-state index contributed by atoms with van der Waals surface area (Å²) in [5.74, 6) is 0.601. The number of hydrogen-bond acceptors (Lipinski definition) is 3. The Balaban J connectivity index is 3.03. The van der Waals surface area contributed by atoms with Gasteiger partial charge in [0.05, 0.1) is 7.11 Å². The number of methoxy groups -OCH3 is 1. The van der Waals surface area contributed by atoms with E-state index in [2.05, 4.69) is 0 Å². The maximum Gasteiger partial charge on any atom is 0.254 e. The largest absolute Gasteiger partial charge is 0.496 e. The first-order chi connectivity index (χ1) is 6.53. The molecule has 0 saturated heterocycles. The first kappa shape index (κ1) is 11.1. The lowest BCUT2D eigenvalue weighted by Gasteiger charge is -2.02. The van der Waals surface area contributed by atoms with Gasteiger partial charge in [-0.3, -0.25) is 0 Å². The van der Waals surface area contributed by atoms with Crippen LogP contribution in [-0.4, -0.2) is 15.5 Å². The number of halogens is 1. The van der Waals surface area contributed by atoms with Gasteiger partial charge in [-0.1, -0.05) is 18.2 Å². The molecule has 3 nitrogen and oxygen atoms in total. The summed E-state index contributed by atoms with van der Waals surface area (Å²) in [5, 5.41) is 0.923. The maximum absolute atomic E-state index is 10.6. The van der Waals surface area contributed by atoms with E-state index < -0.39 is 9.05 Å². The van der Waals surface area contributed by atoms with Crippen molar-refractivity contribution in [3.8, 4) is 5.75 Å². The van der Waals surface area contributed by atoms with Crippen LogP contribution in [0.4, 0.5) is 0 Å². The second kappa shape index (κ2) is 4.48. The van der Waals surface area contributed by atoms with E-state index in [4.69, 9.17) is 15.4 Å². The van der Waals surface area contributed by atoms with E-state index in [1.165, 1.54) is 13.2 Å². The third kappa shape index (κ3) is 3.40. The lowest BCUT2D eigenvalue weighted by atomic mass is 10.2. The molecule has 0 aliphatic carbocycles. The lowest BCUT2D eigenvalue weighted by molar-refractivity contribution is 0.414. The summed E-state index contributed by atoms with van der Waals surface area (Å²) in [7, 11) is 2.93. The standard InChI is InChI=1S/C9H9ClO3S/c1-13-9-5-3-2-4-8(9)6-7-14(10,11)12/h2-7H,1H3/b7-6+.